The number of carbonyl (C=O) groups is 2. The van der Waals surface area contributed by atoms with Crippen LogP contribution >= 0.6 is 11.8 Å². The lowest BCUT2D eigenvalue weighted by Gasteiger charge is -2.28. The van der Waals surface area contributed by atoms with Crippen LogP contribution in [0.2, 0.25) is 0 Å². The van der Waals surface area contributed by atoms with Gasteiger partial charge >= 0.3 is 11.9 Å². The molecule has 21 heavy (non-hydrogen) atoms. The average molecular weight is 308 g/mol. The maximum absolute atomic E-state index is 11.6. The first-order valence-electron chi connectivity index (χ1n) is 6.46. The van der Waals surface area contributed by atoms with Gasteiger partial charge in [0.05, 0.1) is 0 Å². The number of hydrogen-bond acceptors (Lipinski definition) is 4. The van der Waals surface area contributed by atoms with E-state index in [9.17, 15) is 19.8 Å². The van der Waals surface area contributed by atoms with Crippen molar-refractivity contribution in [2.24, 2.45) is 5.92 Å². The second-order valence-corrected chi connectivity index (χ2v) is 6.18. The minimum absolute atomic E-state index is 0.337. The van der Waals surface area contributed by atoms with Gasteiger partial charge in [0.25, 0.3) is 4.93 Å². The molecule has 2 rings (SSSR count). The fourth-order valence-corrected chi connectivity index (χ4v) is 3.08. The third kappa shape index (κ3) is 2.90. The van der Waals surface area contributed by atoms with E-state index in [0.29, 0.717) is 11.7 Å². The van der Waals surface area contributed by atoms with Crippen molar-refractivity contribution in [1.29, 1.82) is 0 Å². The van der Waals surface area contributed by atoms with Crippen molar-refractivity contribution in [2.75, 3.05) is 0 Å². The Labute approximate surface area is 126 Å². The second kappa shape index (κ2) is 5.81. The van der Waals surface area contributed by atoms with Crippen molar-refractivity contribution in [1.82, 2.24) is 0 Å². The van der Waals surface area contributed by atoms with Crippen LogP contribution < -0.4 is 4.74 Å². The molecule has 0 fully saturated rings. The highest BCUT2D eigenvalue weighted by Gasteiger charge is 2.54. The van der Waals surface area contributed by atoms with Gasteiger partial charge in [0.2, 0.25) is 0 Å². The van der Waals surface area contributed by atoms with Gasteiger partial charge in [-0.1, -0.05) is 43.8 Å². The molecule has 0 saturated carbocycles. The Morgan fingerprint density at radius 3 is 2.33 bits per heavy atom. The van der Waals surface area contributed by atoms with Crippen molar-refractivity contribution < 1.29 is 24.5 Å². The van der Waals surface area contributed by atoms with Crippen LogP contribution in [-0.4, -0.2) is 27.1 Å². The quantitative estimate of drug-likeness (QED) is 0.870. The van der Waals surface area contributed by atoms with Crippen molar-refractivity contribution in [3.63, 3.8) is 0 Å². The van der Waals surface area contributed by atoms with Crippen LogP contribution in [0, 0.1) is 5.92 Å². The number of carboxylic acids is 2. The number of thioether (sulfide) groups is 1. The van der Waals surface area contributed by atoms with Crippen molar-refractivity contribution in [2.45, 2.75) is 24.7 Å². The Kier molecular flexibility index (Phi) is 4.27. The van der Waals surface area contributed by atoms with Crippen molar-refractivity contribution in [3.8, 4) is 5.75 Å². The van der Waals surface area contributed by atoms with Gasteiger partial charge in [0.1, 0.15) is 11.7 Å². The van der Waals surface area contributed by atoms with Gasteiger partial charge in [-0.15, -0.1) is 0 Å². The Morgan fingerprint density at radius 2 is 1.86 bits per heavy atom. The lowest BCUT2D eigenvalue weighted by molar-refractivity contribution is -0.158. The Morgan fingerprint density at radius 1 is 1.24 bits per heavy atom. The van der Waals surface area contributed by atoms with E-state index in [1.165, 1.54) is 11.5 Å². The highest BCUT2D eigenvalue weighted by molar-refractivity contribution is 8.04. The highest BCUT2D eigenvalue weighted by Crippen LogP contribution is 2.43. The number of benzene rings is 1. The van der Waals surface area contributed by atoms with E-state index < -0.39 is 22.8 Å². The zero-order chi connectivity index (χ0) is 15.6. The summed E-state index contributed by atoms with van der Waals surface area (Å²) >= 11 is 0.857. The molecule has 0 aromatic heterocycles. The van der Waals surface area contributed by atoms with Crippen LogP contribution in [0.25, 0.3) is 0 Å². The summed E-state index contributed by atoms with van der Waals surface area (Å²) in [6, 6.07) is 7.02. The van der Waals surface area contributed by atoms with Gasteiger partial charge in [-0.25, -0.2) is 4.79 Å². The molecule has 0 aliphatic carbocycles. The van der Waals surface area contributed by atoms with Crippen LogP contribution in [0.3, 0.4) is 0 Å². The van der Waals surface area contributed by atoms with Crippen LogP contribution in [-0.2, 0) is 9.59 Å². The third-order valence-electron chi connectivity index (χ3n) is 3.30. The summed E-state index contributed by atoms with van der Waals surface area (Å²) in [4.78, 5) is 21.0. The van der Waals surface area contributed by atoms with Crippen LogP contribution in [0.5, 0.6) is 5.75 Å². The molecule has 112 valence electrons. The molecule has 2 N–H and O–H groups in total. The first-order chi connectivity index (χ1) is 9.86. The number of carboxylic acid groups (broad SMARTS) is 2. The summed E-state index contributed by atoms with van der Waals surface area (Å²) < 4.78 is 5.55. The molecule has 0 bridgehead atoms. The minimum atomic E-state index is -1.86. The molecule has 1 aliphatic rings. The molecule has 6 heteroatoms. The van der Waals surface area contributed by atoms with E-state index >= 15 is 0 Å². The second-order valence-electron chi connectivity index (χ2n) is 5.06. The maximum Gasteiger partial charge on any atom is 0.360 e. The molecule has 0 amide bonds. The van der Waals surface area contributed by atoms with E-state index in [1.54, 1.807) is 12.1 Å². The molecule has 1 aliphatic heterocycles. The number of aliphatic carboxylic acids is 2. The molecular formula is C15H16O5S. The summed E-state index contributed by atoms with van der Waals surface area (Å²) in [7, 11) is 0. The van der Waals surface area contributed by atoms with Gasteiger partial charge in [0, 0.05) is 0 Å². The molecule has 1 heterocycles. The zero-order valence-electron chi connectivity index (χ0n) is 11.6. The number of hydrogen-bond donors (Lipinski definition) is 2. The Balaban J connectivity index is 2.29. The standard InChI is InChI=1S/C15H16O5S/c1-9(2)10-3-5-11(6-4-10)20-15(14(18)19)12(13(16)17)7-8-21-15/h3-9,12H,1-2H3,(H,16,17)(H,18,19). The monoisotopic (exact) mass is 308 g/mol. The zero-order valence-corrected chi connectivity index (χ0v) is 12.5. The van der Waals surface area contributed by atoms with Crippen molar-refractivity contribution in [3.05, 3.63) is 41.3 Å². The van der Waals surface area contributed by atoms with E-state index in [4.69, 9.17) is 4.74 Å². The lowest BCUT2D eigenvalue weighted by Crippen LogP contribution is -2.48. The average Bonchev–Trinajstić information content (AvgIpc) is 2.84. The van der Waals surface area contributed by atoms with Gasteiger partial charge < -0.3 is 14.9 Å². The SMILES string of the molecule is CC(C)c1ccc(OC2(C(=O)O)SC=CC2C(=O)O)cc1. The molecule has 2 unspecified atom stereocenters. The minimum Gasteiger partial charge on any atom is -0.481 e. The summed E-state index contributed by atoms with van der Waals surface area (Å²) in [5.41, 5.74) is 1.10. The normalized spacial score (nSPS) is 24.2. The molecule has 1 aromatic carbocycles. The van der Waals surface area contributed by atoms with E-state index in [1.807, 2.05) is 26.0 Å². The van der Waals surface area contributed by atoms with E-state index in [2.05, 4.69) is 0 Å². The summed E-state index contributed by atoms with van der Waals surface area (Å²) in [5.74, 6) is -3.08. The molecular weight excluding hydrogens is 292 g/mol. The lowest BCUT2D eigenvalue weighted by atomic mass is 10.0. The highest BCUT2D eigenvalue weighted by atomic mass is 32.2. The van der Waals surface area contributed by atoms with Crippen LogP contribution in [0.1, 0.15) is 25.3 Å². The molecule has 1 aromatic rings. The first-order valence-corrected chi connectivity index (χ1v) is 7.34. The topological polar surface area (TPSA) is 83.8 Å². The third-order valence-corrected chi connectivity index (χ3v) is 4.46. The van der Waals surface area contributed by atoms with Gasteiger partial charge in [-0.3, -0.25) is 4.79 Å². The van der Waals surface area contributed by atoms with E-state index in [-0.39, 0.29) is 0 Å². The molecule has 0 spiro atoms. The predicted molar refractivity (Wildman–Crippen MR) is 79.4 cm³/mol. The van der Waals surface area contributed by atoms with Crippen molar-refractivity contribution >= 4 is 23.7 Å². The molecule has 0 saturated heterocycles. The molecule has 5 nitrogen and oxygen atoms in total. The van der Waals surface area contributed by atoms with Gasteiger partial charge in [-0.05, 0) is 29.0 Å². The fraction of sp³-hybridized carbons (Fsp3) is 0.333. The van der Waals surface area contributed by atoms with Crippen LogP contribution in [0.4, 0.5) is 0 Å². The molecule has 2 atom stereocenters. The van der Waals surface area contributed by atoms with E-state index in [0.717, 1.165) is 17.3 Å². The van der Waals surface area contributed by atoms with Crippen LogP contribution in [0.15, 0.2) is 35.7 Å². The summed E-state index contributed by atoms with van der Waals surface area (Å²) in [6.07, 6.45) is 1.34. The number of rotatable bonds is 5. The summed E-state index contributed by atoms with van der Waals surface area (Å²) in [5, 5.41) is 20.1. The maximum atomic E-state index is 11.6. The van der Waals surface area contributed by atoms with Gasteiger partial charge in [0.15, 0.2) is 0 Å². The first kappa shape index (κ1) is 15.4. The predicted octanol–water partition coefficient (Wildman–Crippen LogP) is 2.93. The number of ether oxygens (including phenoxy) is 1. The smallest absolute Gasteiger partial charge is 0.360 e. The fourth-order valence-electron chi connectivity index (χ4n) is 2.07. The summed E-state index contributed by atoms with van der Waals surface area (Å²) in [6.45, 7) is 4.09. The Bertz CT molecular complexity index is 578. The van der Waals surface area contributed by atoms with Gasteiger partial charge in [-0.2, -0.15) is 0 Å². The Hall–Kier alpha value is -1.95. The largest absolute Gasteiger partial charge is 0.481 e. The molecule has 0 radical (unpaired) electrons.